The molecule has 5 nitrogen and oxygen atoms in total. The number of ether oxygens (including phenoxy) is 1. The Bertz CT molecular complexity index is 436. The van der Waals surface area contributed by atoms with E-state index in [1.807, 2.05) is 0 Å². The largest absolute Gasteiger partial charge is 0.478 e. The lowest BCUT2D eigenvalue weighted by molar-refractivity contribution is 0.0439. The third-order valence-corrected chi connectivity index (χ3v) is 3.31. The summed E-state index contributed by atoms with van der Waals surface area (Å²) in [6.45, 7) is 4.45. The summed E-state index contributed by atoms with van der Waals surface area (Å²) in [6, 6.07) is 1.55. The molecule has 19 heavy (non-hydrogen) atoms. The van der Waals surface area contributed by atoms with Gasteiger partial charge in [-0.2, -0.15) is 0 Å². The summed E-state index contributed by atoms with van der Waals surface area (Å²) in [7, 11) is 0. The standard InChI is InChI=1S/C14H20N2O3/c1-2-8-19-11-4-3-7-16(10-11)13-9-15-6-5-12(13)14(17)18/h5-6,9,11H,2-4,7-8,10H2,1H3,(H,17,18). The first-order chi connectivity index (χ1) is 9.22. The molecule has 1 aliphatic rings. The van der Waals surface area contributed by atoms with Gasteiger partial charge in [0.1, 0.15) is 0 Å². The molecule has 1 atom stereocenters. The molecule has 1 saturated heterocycles. The topological polar surface area (TPSA) is 62.7 Å². The molecule has 2 rings (SSSR count). The van der Waals surface area contributed by atoms with Crippen LogP contribution in [0.4, 0.5) is 5.69 Å². The molecule has 1 fully saturated rings. The van der Waals surface area contributed by atoms with Crippen molar-refractivity contribution in [3.05, 3.63) is 24.0 Å². The Balaban J connectivity index is 2.11. The highest BCUT2D eigenvalue weighted by Crippen LogP contribution is 2.24. The quantitative estimate of drug-likeness (QED) is 0.883. The van der Waals surface area contributed by atoms with Crippen LogP contribution in [0.25, 0.3) is 0 Å². The number of hydrogen-bond donors (Lipinski definition) is 1. The first kappa shape index (κ1) is 13.8. The maximum Gasteiger partial charge on any atom is 0.337 e. The first-order valence-electron chi connectivity index (χ1n) is 6.76. The van der Waals surface area contributed by atoms with E-state index in [4.69, 9.17) is 4.74 Å². The third kappa shape index (κ3) is 3.44. The van der Waals surface area contributed by atoms with Crippen molar-refractivity contribution < 1.29 is 14.6 Å². The minimum atomic E-state index is -0.908. The van der Waals surface area contributed by atoms with Gasteiger partial charge in [0, 0.05) is 25.9 Å². The van der Waals surface area contributed by atoms with E-state index in [-0.39, 0.29) is 6.10 Å². The van der Waals surface area contributed by atoms with Gasteiger partial charge >= 0.3 is 5.97 Å². The number of aromatic nitrogens is 1. The van der Waals surface area contributed by atoms with Crippen LogP contribution < -0.4 is 4.90 Å². The number of pyridine rings is 1. The van der Waals surface area contributed by atoms with E-state index in [9.17, 15) is 9.90 Å². The maximum atomic E-state index is 11.2. The fourth-order valence-corrected chi connectivity index (χ4v) is 2.40. The molecule has 0 aliphatic carbocycles. The van der Waals surface area contributed by atoms with Gasteiger partial charge in [-0.1, -0.05) is 6.92 Å². The molecular weight excluding hydrogens is 244 g/mol. The zero-order chi connectivity index (χ0) is 13.7. The molecule has 1 N–H and O–H groups in total. The van der Waals surface area contributed by atoms with Gasteiger partial charge in [0.2, 0.25) is 0 Å². The van der Waals surface area contributed by atoms with E-state index in [0.717, 1.165) is 39.0 Å². The summed E-state index contributed by atoms with van der Waals surface area (Å²) in [4.78, 5) is 17.3. The van der Waals surface area contributed by atoms with Gasteiger partial charge in [-0.25, -0.2) is 4.79 Å². The summed E-state index contributed by atoms with van der Waals surface area (Å²) < 4.78 is 5.77. The number of aromatic carboxylic acids is 1. The Labute approximate surface area is 113 Å². The zero-order valence-electron chi connectivity index (χ0n) is 11.2. The Hall–Kier alpha value is -1.62. The highest BCUT2D eigenvalue weighted by molar-refractivity contribution is 5.94. The van der Waals surface area contributed by atoms with Gasteiger partial charge in [0.25, 0.3) is 0 Å². The van der Waals surface area contributed by atoms with E-state index in [1.165, 1.54) is 6.20 Å². The molecule has 5 heteroatoms. The fourth-order valence-electron chi connectivity index (χ4n) is 2.40. The molecule has 1 aliphatic heterocycles. The van der Waals surface area contributed by atoms with Crippen molar-refractivity contribution in [3.63, 3.8) is 0 Å². The number of carbonyl (C=O) groups is 1. The van der Waals surface area contributed by atoms with Crippen molar-refractivity contribution in [2.75, 3.05) is 24.6 Å². The number of anilines is 1. The van der Waals surface area contributed by atoms with Crippen LogP contribution in [0.3, 0.4) is 0 Å². The lowest BCUT2D eigenvalue weighted by Gasteiger charge is -2.34. The fraction of sp³-hybridized carbons (Fsp3) is 0.571. The van der Waals surface area contributed by atoms with Crippen LogP contribution in [0, 0.1) is 0 Å². The monoisotopic (exact) mass is 264 g/mol. The van der Waals surface area contributed by atoms with Crippen LogP contribution in [-0.2, 0) is 4.74 Å². The van der Waals surface area contributed by atoms with E-state index in [2.05, 4.69) is 16.8 Å². The molecule has 2 heterocycles. The average Bonchev–Trinajstić information content (AvgIpc) is 2.45. The normalized spacial score (nSPS) is 19.4. The van der Waals surface area contributed by atoms with Crippen molar-refractivity contribution in [2.45, 2.75) is 32.3 Å². The van der Waals surface area contributed by atoms with E-state index >= 15 is 0 Å². The second-order valence-corrected chi connectivity index (χ2v) is 4.78. The predicted octanol–water partition coefficient (Wildman–Crippen LogP) is 2.18. The van der Waals surface area contributed by atoms with E-state index in [1.54, 1.807) is 12.3 Å². The van der Waals surface area contributed by atoms with Crippen LogP contribution in [0.2, 0.25) is 0 Å². The van der Waals surface area contributed by atoms with Crippen molar-refractivity contribution in [3.8, 4) is 0 Å². The van der Waals surface area contributed by atoms with Crippen molar-refractivity contribution in [2.24, 2.45) is 0 Å². The Kier molecular flexibility index (Phi) is 4.74. The summed E-state index contributed by atoms with van der Waals surface area (Å²) in [5.41, 5.74) is 1.01. The summed E-state index contributed by atoms with van der Waals surface area (Å²) in [5, 5.41) is 9.22. The first-order valence-corrected chi connectivity index (χ1v) is 6.76. The number of carboxylic acid groups (broad SMARTS) is 1. The van der Waals surface area contributed by atoms with Crippen LogP contribution in [0.1, 0.15) is 36.5 Å². The molecule has 104 valence electrons. The Morgan fingerprint density at radius 3 is 3.21 bits per heavy atom. The predicted molar refractivity (Wildman–Crippen MR) is 72.7 cm³/mol. The highest BCUT2D eigenvalue weighted by Gasteiger charge is 2.23. The average molecular weight is 264 g/mol. The second kappa shape index (κ2) is 6.52. The molecule has 1 unspecified atom stereocenters. The molecule has 0 aromatic carbocycles. The van der Waals surface area contributed by atoms with Gasteiger partial charge in [-0.15, -0.1) is 0 Å². The molecular formula is C14H20N2O3. The van der Waals surface area contributed by atoms with Gasteiger partial charge in [0.05, 0.1) is 23.6 Å². The molecule has 1 aromatic heterocycles. The SMILES string of the molecule is CCCOC1CCCN(c2cnccc2C(=O)O)C1. The lowest BCUT2D eigenvalue weighted by Crippen LogP contribution is -2.40. The van der Waals surface area contributed by atoms with Crippen LogP contribution in [0.5, 0.6) is 0 Å². The summed E-state index contributed by atoms with van der Waals surface area (Å²) in [6.07, 6.45) is 6.40. The number of rotatable bonds is 5. The number of piperidine rings is 1. The Morgan fingerprint density at radius 2 is 2.47 bits per heavy atom. The van der Waals surface area contributed by atoms with E-state index < -0.39 is 5.97 Å². The van der Waals surface area contributed by atoms with Crippen molar-refractivity contribution >= 4 is 11.7 Å². The number of nitrogens with zero attached hydrogens (tertiary/aromatic N) is 2. The van der Waals surface area contributed by atoms with Gasteiger partial charge in [0.15, 0.2) is 0 Å². The third-order valence-electron chi connectivity index (χ3n) is 3.31. The molecule has 0 bridgehead atoms. The lowest BCUT2D eigenvalue weighted by atomic mass is 10.1. The molecule has 0 saturated carbocycles. The highest BCUT2D eigenvalue weighted by atomic mass is 16.5. The molecule has 0 radical (unpaired) electrons. The zero-order valence-corrected chi connectivity index (χ0v) is 11.2. The van der Waals surface area contributed by atoms with Crippen molar-refractivity contribution in [1.82, 2.24) is 4.98 Å². The summed E-state index contributed by atoms with van der Waals surface area (Å²) in [5.74, 6) is -0.908. The van der Waals surface area contributed by atoms with Gasteiger partial charge in [-0.3, -0.25) is 4.98 Å². The van der Waals surface area contributed by atoms with Gasteiger partial charge < -0.3 is 14.7 Å². The van der Waals surface area contributed by atoms with Crippen molar-refractivity contribution in [1.29, 1.82) is 0 Å². The minimum Gasteiger partial charge on any atom is -0.478 e. The minimum absolute atomic E-state index is 0.190. The molecule has 0 spiro atoms. The van der Waals surface area contributed by atoms with Crippen LogP contribution in [0.15, 0.2) is 18.5 Å². The second-order valence-electron chi connectivity index (χ2n) is 4.78. The van der Waals surface area contributed by atoms with Crippen LogP contribution in [-0.4, -0.2) is 41.9 Å². The van der Waals surface area contributed by atoms with Crippen LogP contribution >= 0.6 is 0 Å². The van der Waals surface area contributed by atoms with Gasteiger partial charge in [-0.05, 0) is 25.3 Å². The number of carboxylic acids is 1. The molecule has 0 amide bonds. The number of hydrogen-bond acceptors (Lipinski definition) is 4. The summed E-state index contributed by atoms with van der Waals surface area (Å²) >= 11 is 0. The Morgan fingerprint density at radius 1 is 1.63 bits per heavy atom. The molecule has 1 aromatic rings. The smallest absolute Gasteiger partial charge is 0.337 e. The van der Waals surface area contributed by atoms with E-state index in [0.29, 0.717) is 11.3 Å². The maximum absolute atomic E-state index is 11.2.